The Kier molecular flexibility index (Phi) is 3.62. The number of likely N-dealkylation sites (tertiary alicyclic amines) is 1. The number of benzene rings is 1. The molecule has 124 valence electrons. The first kappa shape index (κ1) is 15.0. The Bertz CT molecular complexity index is 906. The fraction of sp³-hybridized carbons (Fsp3) is 0.375. The molecule has 2 aromatic heterocycles. The van der Waals surface area contributed by atoms with Crippen LogP contribution in [0.3, 0.4) is 0 Å². The first-order valence-electron chi connectivity index (χ1n) is 7.91. The van der Waals surface area contributed by atoms with Crippen LogP contribution >= 0.6 is 0 Å². The topological polar surface area (TPSA) is 99.9 Å². The summed E-state index contributed by atoms with van der Waals surface area (Å²) in [6, 6.07) is 7.34. The van der Waals surface area contributed by atoms with Crippen LogP contribution in [0, 0.1) is 0 Å². The quantitative estimate of drug-likeness (QED) is 0.706. The van der Waals surface area contributed by atoms with E-state index in [1.54, 1.807) is 23.2 Å². The number of para-hydroxylation sites is 1. The average molecular weight is 326 g/mol. The Labute approximate surface area is 137 Å². The molecule has 0 bridgehead atoms. The summed E-state index contributed by atoms with van der Waals surface area (Å²) in [5.74, 6) is 0. The molecule has 8 nitrogen and oxygen atoms in total. The van der Waals surface area contributed by atoms with Gasteiger partial charge in [-0.1, -0.05) is 12.1 Å². The third-order valence-electron chi connectivity index (χ3n) is 4.61. The molecule has 4 rings (SSSR count). The number of hydrogen-bond donors (Lipinski definition) is 2. The van der Waals surface area contributed by atoms with Crippen molar-refractivity contribution < 1.29 is 5.11 Å². The van der Waals surface area contributed by atoms with Gasteiger partial charge in [0.15, 0.2) is 0 Å². The molecule has 0 aliphatic carbocycles. The Morgan fingerprint density at radius 1 is 1.29 bits per heavy atom. The molecule has 1 fully saturated rings. The average Bonchev–Trinajstić information content (AvgIpc) is 3.25. The Morgan fingerprint density at radius 3 is 3.00 bits per heavy atom. The fourth-order valence-corrected chi connectivity index (χ4v) is 3.21. The van der Waals surface area contributed by atoms with Crippen molar-refractivity contribution >= 4 is 10.9 Å². The highest BCUT2D eigenvalue weighted by molar-refractivity contribution is 5.76. The maximum atomic E-state index is 12.5. The molecule has 0 saturated carbocycles. The number of H-pyrrole nitrogens is 1. The second-order valence-electron chi connectivity index (χ2n) is 6.17. The van der Waals surface area contributed by atoms with Crippen molar-refractivity contribution in [2.75, 3.05) is 19.6 Å². The standard InChI is InChI=1S/C16H18N6O2/c23-15-12-3-1-2-4-13(12)17-11-22(15)8-7-21-6-5-16(24,10-21)14-9-18-20-19-14/h1-4,9,11,24H,5-8,10H2,(H,18,19,20)/t16-/m0/s1. The Hall–Kier alpha value is -2.58. The van der Waals surface area contributed by atoms with E-state index in [4.69, 9.17) is 0 Å². The number of hydrogen-bond acceptors (Lipinski definition) is 6. The van der Waals surface area contributed by atoms with Gasteiger partial charge in [0.2, 0.25) is 0 Å². The first-order valence-corrected chi connectivity index (χ1v) is 7.91. The summed E-state index contributed by atoms with van der Waals surface area (Å²) in [4.78, 5) is 18.9. The Balaban J connectivity index is 1.47. The van der Waals surface area contributed by atoms with Crippen LogP contribution in [0.25, 0.3) is 10.9 Å². The van der Waals surface area contributed by atoms with Crippen molar-refractivity contribution in [3.8, 4) is 0 Å². The third kappa shape index (κ3) is 2.59. The number of fused-ring (bicyclic) bond motifs is 1. The number of rotatable bonds is 4. The third-order valence-corrected chi connectivity index (χ3v) is 4.61. The number of aliphatic hydroxyl groups is 1. The molecule has 3 aromatic rings. The Morgan fingerprint density at radius 2 is 2.17 bits per heavy atom. The van der Waals surface area contributed by atoms with Gasteiger partial charge in [-0.2, -0.15) is 15.4 Å². The largest absolute Gasteiger partial charge is 0.382 e. The van der Waals surface area contributed by atoms with Gasteiger partial charge in [0, 0.05) is 26.2 Å². The highest BCUT2D eigenvalue weighted by Crippen LogP contribution is 2.29. The van der Waals surface area contributed by atoms with E-state index in [1.165, 1.54) is 0 Å². The highest BCUT2D eigenvalue weighted by atomic mass is 16.3. The normalized spacial score (nSPS) is 21.5. The molecular weight excluding hydrogens is 308 g/mol. The molecule has 8 heteroatoms. The summed E-state index contributed by atoms with van der Waals surface area (Å²) in [6.45, 7) is 2.43. The number of nitrogens with zero attached hydrogens (tertiary/aromatic N) is 5. The predicted molar refractivity (Wildman–Crippen MR) is 87.3 cm³/mol. The summed E-state index contributed by atoms with van der Waals surface area (Å²) >= 11 is 0. The van der Waals surface area contributed by atoms with Crippen LogP contribution in [-0.4, -0.2) is 54.6 Å². The van der Waals surface area contributed by atoms with E-state index in [0.717, 1.165) is 6.54 Å². The van der Waals surface area contributed by atoms with Gasteiger partial charge < -0.3 is 5.11 Å². The minimum atomic E-state index is -0.973. The maximum Gasteiger partial charge on any atom is 0.261 e. The molecule has 1 aliphatic rings. The minimum Gasteiger partial charge on any atom is -0.382 e. The van der Waals surface area contributed by atoms with Gasteiger partial charge >= 0.3 is 0 Å². The monoisotopic (exact) mass is 326 g/mol. The van der Waals surface area contributed by atoms with Crippen molar-refractivity contribution in [2.24, 2.45) is 0 Å². The van der Waals surface area contributed by atoms with Gasteiger partial charge in [-0.15, -0.1) is 0 Å². The van der Waals surface area contributed by atoms with E-state index >= 15 is 0 Å². The molecule has 3 heterocycles. The molecule has 0 spiro atoms. The molecule has 1 atom stereocenters. The van der Waals surface area contributed by atoms with Crippen molar-refractivity contribution in [3.63, 3.8) is 0 Å². The summed E-state index contributed by atoms with van der Waals surface area (Å²) < 4.78 is 1.62. The van der Waals surface area contributed by atoms with Crippen LogP contribution in [0.15, 0.2) is 41.6 Å². The zero-order valence-corrected chi connectivity index (χ0v) is 13.1. The van der Waals surface area contributed by atoms with Crippen LogP contribution in [0.5, 0.6) is 0 Å². The first-order chi connectivity index (χ1) is 11.7. The van der Waals surface area contributed by atoms with Crippen LogP contribution in [0.1, 0.15) is 12.1 Å². The minimum absolute atomic E-state index is 0.0356. The van der Waals surface area contributed by atoms with Crippen molar-refractivity contribution in [1.82, 2.24) is 29.9 Å². The lowest BCUT2D eigenvalue weighted by molar-refractivity contribution is 0.0413. The molecular formula is C16H18N6O2. The summed E-state index contributed by atoms with van der Waals surface area (Å²) in [5.41, 5.74) is 0.265. The molecule has 24 heavy (non-hydrogen) atoms. The fourth-order valence-electron chi connectivity index (χ4n) is 3.21. The van der Waals surface area contributed by atoms with Gasteiger partial charge in [0.1, 0.15) is 11.3 Å². The molecule has 1 aliphatic heterocycles. The molecule has 0 radical (unpaired) electrons. The van der Waals surface area contributed by atoms with Gasteiger partial charge in [-0.05, 0) is 18.6 Å². The van der Waals surface area contributed by atoms with Gasteiger partial charge in [0.25, 0.3) is 5.56 Å². The zero-order valence-electron chi connectivity index (χ0n) is 13.1. The van der Waals surface area contributed by atoms with E-state index in [2.05, 4.69) is 25.3 Å². The lowest BCUT2D eigenvalue weighted by Gasteiger charge is -2.21. The van der Waals surface area contributed by atoms with E-state index < -0.39 is 5.60 Å². The van der Waals surface area contributed by atoms with Crippen LogP contribution < -0.4 is 5.56 Å². The van der Waals surface area contributed by atoms with Gasteiger partial charge in [-0.3, -0.25) is 14.3 Å². The number of aromatic nitrogens is 5. The molecule has 2 N–H and O–H groups in total. The molecule has 1 saturated heterocycles. The van der Waals surface area contributed by atoms with Gasteiger partial charge in [-0.25, -0.2) is 4.98 Å². The molecule has 1 aromatic carbocycles. The van der Waals surface area contributed by atoms with Crippen molar-refractivity contribution in [2.45, 2.75) is 18.6 Å². The summed E-state index contributed by atoms with van der Waals surface area (Å²) in [5, 5.41) is 21.6. The lowest BCUT2D eigenvalue weighted by atomic mass is 10.0. The number of aromatic amines is 1. The van der Waals surface area contributed by atoms with E-state index in [-0.39, 0.29) is 5.56 Å². The summed E-state index contributed by atoms with van der Waals surface area (Å²) in [6.07, 6.45) is 3.75. The van der Waals surface area contributed by atoms with Crippen molar-refractivity contribution in [3.05, 3.63) is 52.8 Å². The van der Waals surface area contributed by atoms with Crippen molar-refractivity contribution in [1.29, 1.82) is 0 Å². The van der Waals surface area contributed by atoms with E-state index in [9.17, 15) is 9.90 Å². The molecule has 0 unspecified atom stereocenters. The zero-order chi connectivity index (χ0) is 16.6. The van der Waals surface area contributed by atoms with E-state index in [0.29, 0.717) is 42.7 Å². The van der Waals surface area contributed by atoms with Gasteiger partial charge in [0.05, 0.1) is 23.4 Å². The van der Waals surface area contributed by atoms with Crippen LogP contribution in [0.4, 0.5) is 0 Å². The SMILES string of the molecule is O=c1c2ccccc2ncn1CCN1CC[C@@](O)(c2cn[nH]n2)C1. The van der Waals surface area contributed by atoms with Crippen LogP contribution in [-0.2, 0) is 12.1 Å². The van der Waals surface area contributed by atoms with E-state index in [1.807, 2.05) is 18.2 Å². The van der Waals surface area contributed by atoms with Crippen LogP contribution in [0.2, 0.25) is 0 Å². The molecule has 0 amide bonds. The highest BCUT2D eigenvalue weighted by Gasteiger charge is 2.39. The maximum absolute atomic E-state index is 12.5. The smallest absolute Gasteiger partial charge is 0.261 e. The second kappa shape index (κ2) is 5.81. The lowest BCUT2D eigenvalue weighted by Crippen LogP contribution is -2.34. The summed E-state index contributed by atoms with van der Waals surface area (Å²) in [7, 11) is 0. The number of β-amino-alcohol motifs (C(OH)–C–C–N with tert-alkyl or cyclic N) is 1. The number of nitrogens with one attached hydrogen (secondary N) is 1. The predicted octanol–water partition coefficient (Wildman–Crippen LogP) is 0.108. The second-order valence-corrected chi connectivity index (χ2v) is 6.17.